The minimum atomic E-state index is -0.256. The number of hydrogen-bond donors (Lipinski definition) is 2. The molecule has 2 aliphatic rings. The number of hydrogen-bond acceptors (Lipinski definition) is 8. The van der Waals surface area contributed by atoms with Crippen molar-refractivity contribution >= 4 is 40.1 Å². The molecule has 0 radical (unpaired) electrons. The van der Waals surface area contributed by atoms with Gasteiger partial charge in [0.25, 0.3) is 5.91 Å². The number of nitrogens with zero attached hydrogens (tertiary/aromatic N) is 5. The van der Waals surface area contributed by atoms with Crippen LogP contribution in [0.3, 0.4) is 0 Å². The molecule has 10 nitrogen and oxygen atoms in total. The standard InChI is InChI=1S/C26H22ClN7O3/c1-33-11-14(4-7-21(33)35)13-2-5-17(19(27)8-13)26(36)31-22-15-3-6-20(22)34(12-15)25-23-18(24(29)32-37-23)9-16(10-28)30-25/h2,4-5,7-9,11,15,20,22H,3,6,12H2,1H3,(H2,29,32)(H,31,36). The largest absolute Gasteiger partial charge is 0.380 e. The zero-order valence-corrected chi connectivity index (χ0v) is 20.6. The number of amides is 1. The number of nitrogen functional groups attached to an aromatic ring is 1. The number of anilines is 2. The van der Waals surface area contributed by atoms with Crippen molar-refractivity contribution in [3.05, 3.63) is 69.2 Å². The van der Waals surface area contributed by atoms with Crippen LogP contribution in [0.15, 0.2) is 51.9 Å². The highest BCUT2D eigenvalue weighted by molar-refractivity contribution is 6.34. The number of benzene rings is 1. The summed E-state index contributed by atoms with van der Waals surface area (Å²) in [4.78, 5) is 31.5. The van der Waals surface area contributed by atoms with Gasteiger partial charge in [0.1, 0.15) is 11.8 Å². The first kappa shape index (κ1) is 23.1. The predicted molar refractivity (Wildman–Crippen MR) is 138 cm³/mol. The fourth-order valence-corrected chi connectivity index (χ4v) is 5.79. The molecule has 3 unspecified atom stereocenters. The van der Waals surface area contributed by atoms with Gasteiger partial charge in [-0.15, -0.1) is 0 Å². The van der Waals surface area contributed by atoms with Crippen LogP contribution < -0.4 is 21.5 Å². The van der Waals surface area contributed by atoms with E-state index in [1.807, 2.05) is 6.07 Å². The summed E-state index contributed by atoms with van der Waals surface area (Å²) in [7, 11) is 1.68. The van der Waals surface area contributed by atoms with E-state index in [2.05, 4.69) is 26.4 Å². The molecule has 11 heteroatoms. The van der Waals surface area contributed by atoms with Crippen LogP contribution in [0.5, 0.6) is 0 Å². The average molecular weight is 516 g/mol. The predicted octanol–water partition coefficient (Wildman–Crippen LogP) is 3.09. The van der Waals surface area contributed by atoms with Gasteiger partial charge in [-0.2, -0.15) is 5.26 Å². The van der Waals surface area contributed by atoms with Crippen LogP contribution >= 0.6 is 11.6 Å². The smallest absolute Gasteiger partial charge is 0.253 e. The molecule has 3 N–H and O–H groups in total. The maximum Gasteiger partial charge on any atom is 0.253 e. The zero-order valence-electron chi connectivity index (χ0n) is 19.8. The lowest BCUT2D eigenvalue weighted by molar-refractivity contribution is 0.0932. The van der Waals surface area contributed by atoms with Gasteiger partial charge < -0.3 is 25.0 Å². The number of aryl methyl sites for hydroxylation is 1. The number of rotatable bonds is 4. The second-order valence-electron chi connectivity index (χ2n) is 9.51. The Morgan fingerprint density at radius 1 is 1.24 bits per heavy atom. The number of nitrogens with two attached hydrogens (primary N) is 1. The second kappa shape index (κ2) is 8.64. The van der Waals surface area contributed by atoms with E-state index in [-0.39, 0.29) is 41.0 Å². The topological polar surface area (TPSA) is 143 Å². The third-order valence-electron chi connectivity index (χ3n) is 7.37. The van der Waals surface area contributed by atoms with E-state index in [0.29, 0.717) is 33.9 Å². The molecule has 1 aromatic carbocycles. The second-order valence-corrected chi connectivity index (χ2v) is 9.91. The minimum absolute atomic E-state index is 0.0198. The Hall–Kier alpha value is -4.36. The monoisotopic (exact) mass is 515 g/mol. The molecule has 186 valence electrons. The Morgan fingerprint density at radius 3 is 2.81 bits per heavy atom. The SMILES string of the molecule is Cn1cc(-c2ccc(C(=O)NC3C4CCC3N(c3nc(C#N)cc5c(N)noc35)C4)c(Cl)c2)ccc1=O. The summed E-state index contributed by atoms with van der Waals surface area (Å²) >= 11 is 6.53. The van der Waals surface area contributed by atoms with Crippen LogP contribution in [0.1, 0.15) is 28.9 Å². The zero-order chi connectivity index (χ0) is 25.8. The molecule has 0 spiro atoms. The van der Waals surface area contributed by atoms with Crippen molar-refractivity contribution in [2.75, 3.05) is 17.2 Å². The Morgan fingerprint density at radius 2 is 2.05 bits per heavy atom. The van der Waals surface area contributed by atoms with Crippen molar-refractivity contribution in [1.82, 2.24) is 20.0 Å². The van der Waals surface area contributed by atoms with Crippen LogP contribution in [-0.2, 0) is 7.05 Å². The summed E-state index contributed by atoms with van der Waals surface area (Å²) < 4.78 is 6.94. The number of carbonyl (C=O) groups is 1. The van der Waals surface area contributed by atoms with Gasteiger partial charge in [0.05, 0.1) is 28.1 Å². The number of nitrogens with one attached hydrogen (secondary N) is 1. The maximum atomic E-state index is 13.3. The number of fused-ring (bicyclic) bond motifs is 3. The Kier molecular flexibility index (Phi) is 5.38. The molecule has 4 heterocycles. The van der Waals surface area contributed by atoms with E-state index in [1.54, 1.807) is 37.5 Å². The summed E-state index contributed by atoms with van der Waals surface area (Å²) in [5.74, 6) is 0.679. The van der Waals surface area contributed by atoms with Crippen molar-refractivity contribution in [2.45, 2.75) is 24.9 Å². The first-order valence-electron chi connectivity index (χ1n) is 11.8. The summed E-state index contributed by atoms with van der Waals surface area (Å²) in [6, 6.07) is 12.0. The fourth-order valence-electron chi connectivity index (χ4n) is 5.53. The number of pyridine rings is 2. The quantitative estimate of drug-likeness (QED) is 0.422. The van der Waals surface area contributed by atoms with Gasteiger partial charge in [-0.3, -0.25) is 9.59 Å². The summed E-state index contributed by atoms with van der Waals surface area (Å²) in [5.41, 5.74) is 8.50. The van der Waals surface area contributed by atoms with Crippen molar-refractivity contribution in [1.29, 1.82) is 5.26 Å². The molecule has 1 amide bonds. The molecule has 3 atom stereocenters. The lowest BCUT2D eigenvalue weighted by atomic mass is 10.0. The first-order chi connectivity index (χ1) is 17.8. The normalized spacial score (nSPS) is 20.4. The molecule has 1 aliphatic heterocycles. The van der Waals surface area contributed by atoms with Crippen LogP contribution in [0.4, 0.5) is 11.6 Å². The molecule has 6 rings (SSSR count). The van der Waals surface area contributed by atoms with Crippen LogP contribution in [0.25, 0.3) is 22.1 Å². The van der Waals surface area contributed by atoms with Crippen molar-refractivity contribution < 1.29 is 9.32 Å². The molecule has 4 aromatic rings. The molecule has 1 saturated heterocycles. The lowest BCUT2D eigenvalue weighted by Crippen LogP contribution is -2.44. The van der Waals surface area contributed by atoms with Gasteiger partial charge in [-0.05, 0) is 54.2 Å². The van der Waals surface area contributed by atoms with Crippen molar-refractivity contribution in [3.63, 3.8) is 0 Å². The highest BCUT2D eigenvalue weighted by atomic mass is 35.5. The number of aromatic nitrogens is 3. The Bertz CT molecular complexity index is 1670. The van der Waals surface area contributed by atoms with E-state index in [9.17, 15) is 14.9 Å². The number of halogens is 1. The van der Waals surface area contributed by atoms with E-state index in [1.165, 1.54) is 10.6 Å². The highest BCUT2D eigenvalue weighted by Crippen LogP contribution is 2.43. The first-order valence-corrected chi connectivity index (χ1v) is 12.2. The van der Waals surface area contributed by atoms with Gasteiger partial charge in [0, 0.05) is 25.9 Å². The maximum absolute atomic E-state index is 13.3. The lowest BCUT2D eigenvalue weighted by Gasteiger charge is -2.28. The summed E-state index contributed by atoms with van der Waals surface area (Å²) in [6.45, 7) is 0.659. The van der Waals surface area contributed by atoms with Crippen LogP contribution in [0.2, 0.25) is 5.02 Å². The van der Waals surface area contributed by atoms with Crippen LogP contribution in [0, 0.1) is 17.2 Å². The molecule has 1 saturated carbocycles. The van der Waals surface area contributed by atoms with Gasteiger partial charge in [-0.1, -0.05) is 22.8 Å². The van der Waals surface area contributed by atoms with E-state index in [4.69, 9.17) is 21.9 Å². The molecule has 1 aliphatic carbocycles. The Balaban J connectivity index is 1.25. The van der Waals surface area contributed by atoms with Gasteiger partial charge in [-0.25, -0.2) is 4.98 Å². The fraction of sp³-hybridized carbons (Fsp3) is 0.269. The van der Waals surface area contributed by atoms with Gasteiger partial charge in [0.2, 0.25) is 11.1 Å². The van der Waals surface area contributed by atoms with Gasteiger partial charge >= 0.3 is 0 Å². The molecule has 37 heavy (non-hydrogen) atoms. The van der Waals surface area contributed by atoms with Gasteiger partial charge in [0.15, 0.2) is 11.6 Å². The number of carbonyl (C=O) groups excluding carboxylic acids is 1. The molecular formula is C26H22ClN7O3. The molecule has 2 bridgehead atoms. The van der Waals surface area contributed by atoms with Crippen molar-refractivity contribution in [3.8, 4) is 17.2 Å². The molecular weight excluding hydrogens is 494 g/mol. The summed E-state index contributed by atoms with van der Waals surface area (Å²) in [6.07, 6.45) is 3.55. The third kappa shape index (κ3) is 3.79. The number of nitriles is 1. The van der Waals surface area contributed by atoms with E-state index in [0.717, 1.165) is 24.0 Å². The summed E-state index contributed by atoms with van der Waals surface area (Å²) in [5, 5.41) is 17.4. The van der Waals surface area contributed by atoms with Crippen molar-refractivity contribution in [2.24, 2.45) is 13.0 Å². The highest BCUT2D eigenvalue weighted by Gasteiger charge is 2.49. The molecule has 3 aromatic heterocycles. The number of piperidine rings is 1. The van der Waals surface area contributed by atoms with Crippen LogP contribution in [-0.4, -0.2) is 39.2 Å². The Labute approximate surface area is 216 Å². The van der Waals surface area contributed by atoms with E-state index < -0.39 is 0 Å². The average Bonchev–Trinajstić information content (AvgIpc) is 3.57. The molecule has 2 fully saturated rings. The third-order valence-corrected chi connectivity index (χ3v) is 7.68. The van der Waals surface area contributed by atoms with E-state index >= 15 is 0 Å². The minimum Gasteiger partial charge on any atom is -0.380 e.